The van der Waals surface area contributed by atoms with Crippen LogP contribution >= 0.6 is 0 Å². The summed E-state index contributed by atoms with van der Waals surface area (Å²) in [6, 6.07) is 5.21. The number of hydrogen-bond acceptors (Lipinski definition) is 4. The topological polar surface area (TPSA) is 59.1 Å². The number of likely N-dealkylation sites (tertiary alicyclic amines) is 1. The molecule has 1 fully saturated rings. The first-order valence-electron chi connectivity index (χ1n) is 8.24. The normalized spacial score (nSPS) is 15.1. The highest BCUT2D eigenvalue weighted by atomic mass is 16.5. The van der Waals surface area contributed by atoms with Crippen LogP contribution in [-0.4, -0.2) is 50.6 Å². The molecule has 2 rings (SSSR count). The van der Waals surface area contributed by atoms with Crippen LogP contribution in [0.15, 0.2) is 18.2 Å². The van der Waals surface area contributed by atoms with E-state index >= 15 is 0 Å². The van der Waals surface area contributed by atoms with Gasteiger partial charge in [0.2, 0.25) is 11.8 Å². The number of amides is 2. The predicted octanol–water partition coefficient (Wildman–Crippen LogP) is 2.32. The third-order valence-corrected chi connectivity index (χ3v) is 4.49. The van der Waals surface area contributed by atoms with E-state index in [9.17, 15) is 9.59 Å². The Labute approximate surface area is 143 Å². The fourth-order valence-electron chi connectivity index (χ4n) is 2.87. The number of hydrogen-bond donors (Lipinski definition) is 0. The molecule has 0 spiro atoms. The zero-order chi connectivity index (χ0) is 17.7. The van der Waals surface area contributed by atoms with Gasteiger partial charge >= 0.3 is 0 Å². The maximum absolute atomic E-state index is 12.6. The van der Waals surface area contributed by atoms with Gasteiger partial charge < -0.3 is 14.4 Å². The first-order valence-corrected chi connectivity index (χ1v) is 8.24. The molecule has 24 heavy (non-hydrogen) atoms. The van der Waals surface area contributed by atoms with Crippen LogP contribution in [0.25, 0.3) is 0 Å². The lowest BCUT2D eigenvalue weighted by atomic mass is 9.99. The molecule has 0 saturated carbocycles. The number of carbonyl (C=O) groups excluding carboxylic acids is 2. The van der Waals surface area contributed by atoms with Crippen molar-refractivity contribution in [1.29, 1.82) is 0 Å². The smallest absolute Gasteiger partial charge is 0.242 e. The summed E-state index contributed by atoms with van der Waals surface area (Å²) in [7, 11) is 3.10. The van der Waals surface area contributed by atoms with Gasteiger partial charge in [-0.2, -0.15) is 0 Å². The van der Waals surface area contributed by atoms with Gasteiger partial charge in [0, 0.05) is 26.1 Å². The molecular formula is C18H26N2O4. The largest absolute Gasteiger partial charge is 0.497 e. The van der Waals surface area contributed by atoms with Crippen molar-refractivity contribution in [2.75, 3.05) is 38.8 Å². The summed E-state index contributed by atoms with van der Waals surface area (Å²) in [5.74, 6) is 1.54. The van der Waals surface area contributed by atoms with Gasteiger partial charge in [0.25, 0.3) is 0 Å². The van der Waals surface area contributed by atoms with Gasteiger partial charge in [-0.1, -0.05) is 6.92 Å². The molecule has 0 aliphatic carbocycles. The van der Waals surface area contributed by atoms with Crippen molar-refractivity contribution < 1.29 is 19.1 Å². The molecule has 1 aromatic carbocycles. The molecular weight excluding hydrogens is 308 g/mol. The summed E-state index contributed by atoms with van der Waals surface area (Å²) in [5, 5.41) is 0. The van der Waals surface area contributed by atoms with Crippen molar-refractivity contribution in [3.8, 4) is 11.5 Å². The number of rotatable bonds is 5. The van der Waals surface area contributed by atoms with Crippen LogP contribution < -0.4 is 14.4 Å². The van der Waals surface area contributed by atoms with Gasteiger partial charge in [0.1, 0.15) is 18.0 Å². The SMILES string of the molecule is COc1ccc(OC)c(N(CC(=O)N2CCC(C)CC2)C(C)=O)c1. The van der Waals surface area contributed by atoms with E-state index in [1.807, 2.05) is 4.90 Å². The Bertz CT molecular complexity index is 595. The number of piperidine rings is 1. The van der Waals surface area contributed by atoms with Gasteiger partial charge in [-0.15, -0.1) is 0 Å². The standard InChI is InChI=1S/C18H26N2O4/c1-13-7-9-19(10-8-13)18(22)12-20(14(2)21)16-11-15(23-3)5-6-17(16)24-4/h5-6,11,13H,7-10,12H2,1-4H3. The minimum atomic E-state index is -0.208. The molecule has 0 unspecified atom stereocenters. The second-order valence-electron chi connectivity index (χ2n) is 6.21. The number of nitrogens with zero attached hydrogens (tertiary/aromatic N) is 2. The first-order chi connectivity index (χ1) is 11.5. The van der Waals surface area contributed by atoms with E-state index in [-0.39, 0.29) is 18.4 Å². The maximum atomic E-state index is 12.6. The van der Waals surface area contributed by atoms with Crippen molar-refractivity contribution in [3.05, 3.63) is 18.2 Å². The summed E-state index contributed by atoms with van der Waals surface area (Å²) in [6.07, 6.45) is 2.02. The van der Waals surface area contributed by atoms with Crippen LogP contribution in [0, 0.1) is 5.92 Å². The summed E-state index contributed by atoms with van der Waals surface area (Å²) < 4.78 is 10.6. The second kappa shape index (κ2) is 8.04. The lowest BCUT2D eigenvalue weighted by molar-refractivity contribution is -0.132. The van der Waals surface area contributed by atoms with Crippen molar-refractivity contribution >= 4 is 17.5 Å². The summed E-state index contributed by atoms with van der Waals surface area (Å²) in [6.45, 7) is 5.16. The summed E-state index contributed by atoms with van der Waals surface area (Å²) >= 11 is 0. The lowest BCUT2D eigenvalue weighted by Gasteiger charge is -2.32. The molecule has 1 aliphatic rings. The average molecular weight is 334 g/mol. The highest BCUT2D eigenvalue weighted by Crippen LogP contribution is 2.32. The monoisotopic (exact) mass is 334 g/mol. The highest BCUT2D eigenvalue weighted by Gasteiger charge is 2.25. The number of ether oxygens (including phenoxy) is 2. The molecule has 0 N–H and O–H groups in total. The first kappa shape index (κ1) is 18.1. The number of anilines is 1. The van der Waals surface area contributed by atoms with E-state index in [4.69, 9.17) is 9.47 Å². The molecule has 0 radical (unpaired) electrons. The van der Waals surface area contributed by atoms with Gasteiger partial charge in [-0.05, 0) is 30.9 Å². The molecule has 1 heterocycles. The Kier molecular flexibility index (Phi) is 6.06. The Balaban J connectivity index is 2.20. The quantitative estimate of drug-likeness (QED) is 0.829. The zero-order valence-corrected chi connectivity index (χ0v) is 14.9. The van der Waals surface area contributed by atoms with Crippen LogP contribution in [0.5, 0.6) is 11.5 Å². The van der Waals surface area contributed by atoms with Crippen molar-refractivity contribution in [3.63, 3.8) is 0 Å². The van der Waals surface area contributed by atoms with E-state index in [0.29, 0.717) is 23.1 Å². The Morgan fingerprint density at radius 1 is 1.21 bits per heavy atom. The van der Waals surface area contributed by atoms with Crippen LogP contribution in [0.4, 0.5) is 5.69 Å². The van der Waals surface area contributed by atoms with Crippen molar-refractivity contribution in [2.45, 2.75) is 26.7 Å². The van der Waals surface area contributed by atoms with Crippen LogP contribution in [0.1, 0.15) is 26.7 Å². The molecule has 2 amide bonds. The molecule has 0 aromatic heterocycles. The third kappa shape index (κ3) is 4.19. The molecule has 0 bridgehead atoms. The molecule has 1 aliphatic heterocycles. The molecule has 1 aromatic rings. The van der Waals surface area contributed by atoms with E-state index in [2.05, 4.69) is 6.92 Å². The van der Waals surface area contributed by atoms with E-state index < -0.39 is 0 Å². The Morgan fingerprint density at radius 3 is 2.42 bits per heavy atom. The molecule has 132 valence electrons. The maximum Gasteiger partial charge on any atom is 0.242 e. The van der Waals surface area contributed by atoms with Crippen molar-refractivity contribution in [2.24, 2.45) is 5.92 Å². The summed E-state index contributed by atoms with van der Waals surface area (Å²) in [5.41, 5.74) is 0.545. The number of carbonyl (C=O) groups is 2. The van der Waals surface area contributed by atoms with Gasteiger partial charge in [-0.25, -0.2) is 0 Å². The average Bonchev–Trinajstić information content (AvgIpc) is 2.59. The third-order valence-electron chi connectivity index (χ3n) is 4.49. The number of methoxy groups -OCH3 is 2. The van der Waals surface area contributed by atoms with Crippen LogP contribution in [-0.2, 0) is 9.59 Å². The molecule has 6 heteroatoms. The number of benzene rings is 1. The van der Waals surface area contributed by atoms with E-state index in [0.717, 1.165) is 25.9 Å². The van der Waals surface area contributed by atoms with Gasteiger partial charge in [0.15, 0.2) is 0 Å². The predicted molar refractivity (Wildman–Crippen MR) is 92.6 cm³/mol. The van der Waals surface area contributed by atoms with Crippen LogP contribution in [0.2, 0.25) is 0 Å². The molecule has 0 atom stereocenters. The van der Waals surface area contributed by atoms with Crippen molar-refractivity contribution in [1.82, 2.24) is 4.90 Å². The minimum absolute atomic E-state index is 0.00718. The lowest BCUT2D eigenvalue weighted by Crippen LogP contribution is -2.45. The fraction of sp³-hybridized carbons (Fsp3) is 0.556. The minimum Gasteiger partial charge on any atom is -0.497 e. The molecule has 1 saturated heterocycles. The van der Waals surface area contributed by atoms with Gasteiger partial charge in [0.05, 0.1) is 19.9 Å². The van der Waals surface area contributed by atoms with Gasteiger partial charge in [-0.3, -0.25) is 14.5 Å². The highest BCUT2D eigenvalue weighted by molar-refractivity contribution is 5.98. The van der Waals surface area contributed by atoms with E-state index in [1.165, 1.54) is 18.9 Å². The Morgan fingerprint density at radius 2 is 1.88 bits per heavy atom. The summed E-state index contributed by atoms with van der Waals surface area (Å²) in [4.78, 5) is 28.0. The second-order valence-corrected chi connectivity index (χ2v) is 6.21. The van der Waals surface area contributed by atoms with E-state index in [1.54, 1.807) is 25.3 Å². The molecule has 6 nitrogen and oxygen atoms in total. The van der Waals surface area contributed by atoms with Crippen LogP contribution in [0.3, 0.4) is 0 Å². The zero-order valence-electron chi connectivity index (χ0n) is 14.9. The Hall–Kier alpha value is -2.24. The fourth-order valence-corrected chi connectivity index (χ4v) is 2.87.